The largest absolute Gasteiger partial charge is 0.383 e. The number of nitrogens with one attached hydrogen (secondary N) is 1. The van der Waals surface area contributed by atoms with Gasteiger partial charge in [-0.1, -0.05) is 43.2 Å². The van der Waals surface area contributed by atoms with E-state index in [0.29, 0.717) is 17.9 Å². The zero-order chi connectivity index (χ0) is 13.2. The number of hydrogen-bond acceptors (Lipinski definition) is 3. The molecule has 2 atom stereocenters. The number of hydrogen-bond donors (Lipinski definition) is 2. The Morgan fingerprint density at radius 3 is 2.68 bits per heavy atom. The van der Waals surface area contributed by atoms with Gasteiger partial charge in [0.2, 0.25) is 0 Å². The number of benzene rings is 1. The molecule has 100 valence electrons. The average Bonchev–Trinajstić information content (AvgIpc) is 2.54. The molecule has 1 aromatic rings. The molecule has 3 N–H and O–H groups in total. The van der Waals surface area contributed by atoms with Crippen LogP contribution in [0.5, 0.6) is 0 Å². The van der Waals surface area contributed by atoms with Gasteiger partial charge in [0.15, 0.2) is 0 Å². The molecule has 1 saturated carbocycles. The molecule has 0 saturated heterocycles. The number of fused-ring (bicyclic) bond motifs is 1. The van der Waals surface area contributed by atoms with Gasteiger partial charge >= 0.3 is 0 Å². The molecule has 0 amide bonds. The number of aliphatic imine (C=N–C) groups is 1. The van der Waals surface area contributed by atoms with Crippen LogP contribution in [0.1, 0.15) is 38.2 Å². The zero-order valence-corrected chi connectivity index (χ0v) is 11.4. The number of rotatable bonds is 1. The molecular weight excluding hydrogens is 234 g/mol. The molecule has 0 aromatic heterocycles. The third-order valence-electron chi connectivity index (χ3n) is 4.13. The summed E-state index contributed by atoms with van der Waals surface area (Å²) in [5.74, 6) is 0.686. The van der Waals surface area contributed by atoms with Gasteiger partial charge in [-0.25, -0.2) is 0 Å². The molecule has 1 fully saturated rings. The summed E-state index contributed by atoms with van der Waals surface area (Å²) in [6.07, 6.45) is 4.89. The van der Waals surface area contributed by atoms with Crippen molar-refractivity contribution in [2.45, 2.75) is 44.7 Å². The monoisotopic (exact) mass is 255 g/mol. The summed E-state index contributed by atoms with van der Waals surface area (Å²) in [6.45, 7) is 2.11. The fraction of sp³-hybridized carbons (Fsp3) is 0.438. The van der Waals surface area contributed by atoms with Crippen LogP contribution in [-0.4, -0.2) is 17.9 Å². The summed E-state index contributed by atoms with van der Waals surface area (Å²) < 4.78 is 0. The predicted octanol–water partition coefficient (Wildman–Crippen LogP) is 2.69. The van der Waals surface area contributed by atoms with E-state index in [2.05, 4.69) is 24.4 Å². The highest BCUT2D eigenvalue weighted by atomic mass is 15.0. The lowest BCUT2D eigenvalue weighted by Gasteiger charge is -2.29. The van der Waals surface area contributed by atoms with Gasteiger partial charge in [-0.3, -0.25) is 4.99 Å². The van der Waals surface area contributed by atoms with Crippen molar-refractivity contribution in [1.82, 2.24) is 5.32 Å². The molecule has 0 bridgehead atoms. The van der Waals surface area contributed by atoms with Gasteiger partial charge in [0.05, 0.1) is 6.04 Å². The first-order valence-corrected chi connectivity index (χ1v) is 7.12. The van der Waals surface area contributed by atoms with Crippen LogP contribution in [0.25, 0.3) is 5.57 Å². The molecule has 3 heteroatoms. The number of allylic oxidation sites excluding steroid dienone is 1. The fourth-order valence-corrected chi connectivity index (χ4v) is 3.19. The molecule has 1 aliphatic carbocycles. The van der Waals surface area contributed by atoms with Crippen LogP contribution < -0.4 is 11.1 Å². The first-order chi connectivity index (χ1) is 9.25. The minimum Gasteiger partial charge on any atom is -0.383 e. The molecule has 0 radical (unpaired) electrons. The van der Waals surface area contributed by atoms with Crippen LogP contribution in [0.3, 0.4) is 0 Å². The summed E-state index contributed by atoms with van der Waals surface area (Å²) in [5.41, 5.74) is 9.63. The molecule has 1 aromatic carbocycles. The van der Waals surface area contributed by atoms with Crippen molar-refractivity contribution < 1.29 is 0 Å². The minimum absolute atomic E-state index is 0.338. The Morgan fingerprint density at radius 1 is 1.16 bits per heavy atom. The first-order valence-electron chi connectivity index (χ1n) is 7.12. The lowest BCUT2D eigenvalue weighted by Crippen LogP contribution is -2.39. The van der Waals surface area contributed by atoms with E-state index in [4.69, 9.17) is 10.7 Å². The SMILES string of the molecule is CC1=C(c2ccccc2)C(N)=N[C@H]2CCCC[C@@H]2N1. The van der Waals surface area contributed by atoms with E-state index in [1.807, 2.05) is 18.2 Å². The highest BCUT2D eigenvalue weighted by Gasteiger charge is 2.28. The van der Waals surface area contributed by atoms with Crippen LogP contribution in [-0.2, 0) is 0 Å². The van der Waals surface area contributed by atoms with Crippen molar-refractivity contribution in [2.24, 2.45) is 10.7 Å². The summed E-state index contributed by atoms with van der Waals surface area (Å²) in [7, 11) is 0. The van der Waals surface area contributed by atoms with E-state index in [1.54, 1.807) is 0 Å². The molecule has 1 heterocycles. The second-order valence-corrected chi connectivity index (χ2v) is 5.48. The van der Waals surface area contributed by atoms with Crippen LogP contribution in [0.4, 0.5) is 0 Å². The van der Waals surface area contributed by atoms with Crippen molar-refractivity contribution >= 4 is 11.4 Å². The van der Waals surface area contributed by atoms with Crippen LogP contribution in [0, 0.1) is 0 Å². The van der Waals surface area contributed by atoms with Crippen LogP contribution >= 0.6 is 0 Å². The van der Waals surface area contributed by atoms with Crippen molar-refractivity contribution in [3.63, 3.8) is 0 Å². The Kier molecular flexibility index (Phi) is 3.28. The minimum atomic E-state index is 0.338. The topological polar surface area (TPSA) is 50.4 Å². The highest BCUT2D eigenvalue weighted by molar-refractivity contribution is 6.22. The van der Waals surface area contributed by atoms with Gasteiger partial charge in [0.1, 0.15) is 5.84 Å². The van der Waals surface area contributed by atoms with Crippen LogP contribution in [0.15, 0.2) is 41.0 Å². The van der Waals surface area contributed by atoms with E-state index in [1.165, 1.54) is 19.3 Å². The van der Waals surface area contributed by atoms with Gasteiger partial charge in [-0.15, -0.1) is 0 Å². The van der Waals surface area contributed by atoms with E-state index in [-0.39, 0.29) is 0 Å². The second-order valence-electron chi connectivity index (χ2n) is 5.48. The zero-order valence-electron chi connectivity index (χ0n) is 11.4. The maximum absolute atomic E-state index is 6.26. The molecule has 0 unspecified atom stereocenters. The van der Waals surface area contributed by atoms with Gasteiger partial charge in [-0.05, 0) is 25.3 Å². The number of nitrogens with zero attached hydrogens (tertiary/aromatic N) is 1. The Labute approximate surface area is 114 Å². The van der Waals surface area contributed by atoms with Gasteiger partial charge < -0.3 is 11.1 Å². The molecule has 3 nitrogen and oxygen atoms in total. The number of amidine groups is 1. The first kappa shape index (κ1) is 12.3. The van der Waals surface area contributed by atoms with E-state index in [9.17, 15) is 0 Å². The molecule has 0 spiro atoms. The van der Waals surface area contributed by atoms with Crippen molar-refractivity contribution in [1.29, 1.82) is 0 Å². The Hall–Kier alpha value is -1.77. The van der Waals surface area contributed by atoms with Gasteiger partial charge in [0, 0.05) is 17.3 Å². The van der Waals surface area contributed by atoms with Crippen molar-refractivity contribution in [3.8, 4) is 0 Å². The lowest BCUT2D eigenvalue weighted by atomic mass is 9.91. The Morgan fingerprint density at radius 2 is 1.89 bits per heavy atom. The maximum Gasteiger partial charge on any atom is 0.128 e. The van der Waals surface area contributed by atoms with E-state index in [0.717, 1.165) is 23.3 Å². The molecular formula is C16H21N3. The lowest BCUT2D eigenvalue weighted by molar-refractivity contribution is 0.351. The standard InChI is InChI=1S/C16H21N3/c1-11-15(12-7-3-2-4-8-12)16(17)19-14-10-6-5-9-13(14)18-11/h2-4,7-8,13-14,18H,5-6,9-10H2,1H3,(H2,17,19)/t13-,14-/m0/s1. The molecule has 1 aliphatic heterocycles. The van der Waals surface area contributed by atoms with Crippen molar-refractivity contribution in [2.75, 3.05) is 0 Å². The van der Waals surface area contributed by atoms with Crippen LogP contribution in [0.2, 0.25) is 0 Å². The second kappa shape index (κ2) is 5.08. The summed E-state index contributed by atoms with van der Waals surface area (Å²) in [6, 6.07) is 11.1. The molecule has 3 rings (SSSR count). The van der Waals surface area contributed by atoms with E-state index >= 15 is 0 Å². The maximum atomic E-state index is 6.26. The quantitative estimate of drug-likeness (QED) is 0.810. The normalized spacial score (nSPS) is 27.1. The Bertz CT molecular complexity index is 516. The fourth-order valence-electron chi connectivity index (χ4n) is 3.19. The number of nitrogens with two attached hydrogens (primary N) is 1. The highest BCUT2D eigenvalue weighted by Crippen LogP contribution is 2.28. The smallest absolute Gasteiger partial charge is 0.128 e. The summed E-state index contributed by atoms with van der Waals surface area (Å²) in [5, 5.41) is 3.64. The Balaban J connectivity index is 2.01. The van der Waals surface area contributed by atoms with Gasteiger partial charge in [-0.2, -0.15) is 0 Å². The summed E-state index contributed by atoms with van der Waals surface area (Å²) >= 11 is 0. The van der Waals surface area contributed by atoms with Crippen molar-refractivity contribution in [3.05, 3.63) is 41.6 Å². The average molecular weight is 255 g/mol. The predicted molar refractivity (Wildman–Crippen MR) is 79.8 cm³/mol. The van der Waals surface area contributed by atoms with E-state index < -0.39 is 0 Å². The molecule has 2 aliphatic rings. The third kappa shape index (κ3) is 2.37. The summed E-state index contributed by atoms with van der Waals surface area (Å²) in [4.78, 5) is 4.78. The van der Waals surface area contributed by atoms with Gasteiger partial charge in [0.25, 0.3) is 0 Å². The molecule has 19 heavy (non-hydrogen) atoms. The third-order valence-corrected chi connectivity index (χ3v) is 4.13.